The molecule has 5 nitrogen and oxygen atoms in total. The van der Waals surface area contributed by atoms with Crippen LogP contribution in [0.2, 0.25) is 0 Å². The van der Waals surface area contributed by atoms with Crippen molar-refractivity contribution < 1.29 is 0 Å². The number of anilines is 2. The van der Waals surface area contributed by atoms with Gasteiger partial charge in [0.1, 0.15) is 5.82 Å². The van der Waals surface area contributed by atoms with Crippen LogP contribution in [0.25, 0.3) is 0 Å². The second kappa shape index (κ2) is 7.53. The second-order valence-corrected chi connectivity index (χ2v) is 5.37. The van der Waals surface area contributed by atoms with Crippen molar-refractivity contribution in [2.45, 2.75) is 13.3 Å². The summed E-state index contributed by atoms with van der Waals surface area (Å²) in [5.41, 5.74) is 0. The van der Waals surface area contributed by atoms with Gasteiger partial charge < -0.3 is 15.1 Å². The summed E-state index contributed by atoms with van der Waals surface area (Å²) in [7, 11) is 6.17. The van der Waals surface area contributed by atoms with Crippen LogP contribution in [0.15, 0.2) is 10.7 Å². The van der Waals surface area contributed by atoms with E-state index in [0.29, 0.717) is 5.95 Å². The number of hydrogen-bond acceptors (Lipinski definition) is 5. The molecule has 0 aliphatic heterocycles. The fourth-order valence-electron chi connectivity index (χ4n) is 1.40. The molecule has 1 aromatic heterocycles. The third-order valence-corrected chi connectivity index (χ3v) is 3.06. The van der Waals surface area contributed by atoms with Gasteiger partial charge in [-0.2, -0.15) is 4.98 Å². The van der Waals surface area contributed by atoms with E-state index in [-0.39, 0.29) is 0 Å². The molecule has 0 aliphatic rings. The van der Waals surface area contributed by atoms with Crippen molar-refractivity contribution in [3.63, 3.8) is 0 Å². The lowest BCUT2D eigenvalue weighted by Gasteiger charge is -2.21. The van der Waals surface area contributed by atoms with Crippen molar-refractivity contribution >= 4 is 27.7 Å². The zero-order valence-corrected chi connectivity index (χ0v) is 13.2. The Morgan fingerprint density at radius 2 is 2.00 bits per heavy atom. The highest BCUT2D eigenvalue weighted by Crippen LogP contribution is 2.23. The van der Waals surface area contributed by atoms with Gasteiger partial charge in [-0.15, -0.1) is 0 Å². The van der Waals surface area contributed by atoms with Crippen LogP contribution in [-0.2, 0) is 0 Å². The Morgan fingerprint density at radius 1 is 1.28 bits per heavy atom. The molecule has 0 aliphatic carbocycles. The normalized spacial score (nSPS) is 10.8. The number of nitrogens with zero attached hydrogens (tertiary/aromatic N) is 4. The van der Waals surface area contributed by atoms with Crippen molar-refractivity contribution in [2.75, 3.05) is 51.0 Å². The van der Waals surface area contributed by atoms with Crippen molar-refractivity contribution in [3.05, 3.63) is 10.7 Å². The third-order valence-electron chi connectivity index (χ3n) is 2.50. The summed E-state index contributed by atoms with van der Waals surface area (Å²) >= 11 is 3.50. The lowest BCUT2D eigenvalue weighted by atomic mass is 10.4. The maximum atomic E-state index is 4.53. The number of aromatic nitrogens is 2. The van der Waals surface area contributed by atoms with Gasteiger partial charge >= 0.3 is 0 Å². The lowest BCUT2D eigenvalue weighted by molar-refractivity contribution is 0.416. The molecule has 0 bridgehead atoms. The molecule has 0 saturated carbocycles. The van der Waals surface area contributed by atoms with E-state index in [1.54, 1.807) is 6.20 Å². The first-order valence-electron chi connectivity index (χ1n) is 6.17. The maximum absolute atomic E-state index is 4.53. The van der Waals surface area contributed by atoms with Gasteiger partial charge in [0.2, 0.25) is 5.95 Å². The van der Waals surface area contributed by atoms with Crippen LogP contribution in [0.3, 0.4) is 0 Å². The highest BCUT2D eigenvalue weighted by atomic mass is 79.9. The van der Waals surface area contributed by atoms with Gasteiger partial charge in [-0.05, 0) is 36.4 Å². The SMILES string of the molecule is CCCNc1ncc(Br)c(N(C)CCN(C)C)n1. The van der Waals surface area contributed by atoms with Gasteiger partial charge in [0, 0.05) is 32.9 Å². The third kappa shape index (κ3) is 4.78. The molecule has 102 valence electrons. The average molecular weight is 316 g/mol. The van der Waals surface area contributed by atoms with E-state index < -0.39 is 0 Å². The molecule has 0 spiro atoms. The van der Waals surface area contributed by atoms with Crippen LogP contribution >= 0.6 is 15.9 Å². The Hall–Kier alpha value is -0.880. The van der Waals surface area contributed by atoms with Gasteiger partial charge in [0.15, 0.2) is 0 Å². The first-order chi connectivity index (χ1) is 8.54. The molecule has 0 unspecified atom stereocenters. The molecular weight excluding hydrogens is 294 g/mol. The molecular formula is C12H22BrN5. The van der Waals surface area contributed by atoms with Crippen LogP contribution in [0.1, 0.15) is 13.3 Å². The summed E-state index contributed by atoms with van der Waals surface area (Å²) in [6.45, 7) is 4.93. The maximum Gasteiger partial charge on any atom is 0.224 e. The number of nitrogens with one attached hydrogen (secondary N) is 1. The van der Waals surface area contributed by atoms with Crippen LogP contribution in [-0.4, -0.2) is 55.6 Å². The summed E-state index contributed by atoms with van der Waals surface area (Å²) in [4.78, 5) is 13.1. The van der Waals surface area contributed by atoms with E-state index in [2.05, 4.69) is 62.0 Å². The molecule has 1 rings (SSSR count). The fraction of sp³-hybridized carbons (Fsp3) is 0.667. The molecule has 0 radical (unpaired) electrons. The van der Waals surface area contributed by atoms with Crippen molar-refractivity contribution in [2.24, 2.45) is 0 Å². The van der Waals surface area contributed by atoms with Crippen molar-refractivity contribution in [3.8, 4) is 0 Å². The summed E-state index contributed by atoms with van der Waals surface area (Å²) < 4.78 is 0.922. The first-order valence-corrected chi connectivity index (χ1v) is 6.96. The quantitative estimate of drug-likeness (QED) is 0.834. The Labute approximate surface area is 118 Å². The highest BCUT2D eigenvalue weighted by molar-refractivity contribution is 9.10. The molecule has 1 aromatic rings. The molecule has 18 heavy (non-hydrogen) atoms. The summed E-state index contributed by atoms with van der Waals surface area (Å²) in [6, 6.07) is 0. The molecule has 0 atom stereocenters. The highest BCUT2D eigenvalue weighted by Gasteiger charge is 2.09. The molecule has 0 aromatic carbocycles. The van der Waals surface area contributed by atoms with E-state index in [1.807, 2.05) is 7.05 Å². The zero-order valence-electron chi connectivity index (χ0n) is 11.6. The number of likely N-dealkylation sites (N-methyl/N-ethyl adjacent to an activating group) is 2. The molecule has 0 fully saturated rings. The second-order valence-electron chi connectivity index (χ2n) is 4.52. The Morgan fingerprint density at radius 3 is 2.61 bits per heavy atom. The lowest BCUT2D eigenvalue weighted by Crippen LogP contribution is -2.29. The fourth-order valence-corrected chi connectivity index (χ4v) is 1.90. The minimum absolute atomic E-state index is 0.687. The monoisotopic (exact) mass is 315 g/mol. The average Bonchev–Trinajstić information content (AvgIpc) is 2.35. The molecule has 0 saturated heterocycles. The van der Waals surface area contributed by atoms with Crippen molar-refractivity contribution in [1.82, 2.24) is 14.9 Å². The van der Waals surface area contributed by atoms with Gasteiger partial charge in [-0.3, -0.25) is 0 Å². The molecule has 1 N–H and O–H groups in total. The summed E-state index contributed by atoms with van der Waals surface area (Å²) in [5, 5.41) is 3.20. The van der Waals surface area contributed by atoms with E-state index >= 15 is 0 Å². The van der Waals surface area contributed by atoms with E-state index in [1.165, 1.54) is 0 Å². The summed E-state index contributed by atoms with van der Waals surface area (Å²) in [5.74, 6) is 1.61. The van der Waals surface area contributed by atoms with Crippen molar-refractivity contribution in [1.29, 1.82) is 0 Å². The van der Waals surface area contributed by atoms with Crippen LogP contribution in [0.4, 0.5) is 11.8 Å². The van der Waals surface area contributed by atoms with Gasteiger partial charge in [-0.25, -0.2) is 4.98 Å². The van der Waals surface area contributed by atoms with E-state index in [0.717, 1.165) is 36.3 Å². The molecule has 1 heterocycles. The first kappa shape index (κ1) is 15.2. The van der Waals surface area contributed by atoms with Gasteiger partial charge in [0.05, 0.1) is 4.47 Å². The minimum Gasteiger partial charge on any atom is -0.357 e. The van der Waals surface area contributed by atoms with Gasteiger partial charge in [-0.1, -0.05) is 6.92 Å². The predicted octanol–water partition coefficient (Wildman–Crippen LogP) is 2.06. The van der Waals surface area contributed by atoms with E-state index in [4.69, 9.17) is 0 Å². The van der Waals surface area contributed by atoms with Crippen LogP contribution < -0.4 is 10.2 Å². The largest absolute Gasteiger partial charge is 0.357 e. The van der Waals surface area contributed by atoms with Crippen LogP contribution in [0, 0.1) is 0 Å². The standard InChI is InChI=1S/C12H22BrN5/c1-5-6-14-12-15-9-10(13)11(16-12)18(4)8-7-17(2)3/h9H,5-8H2,1-4H3,(H,14,15,16). The Balaban J connectivity index is 2.72. The number of hydrogen-bond donors (Lipinski definition) is 1. The zero-order chi connectivity index (χ0) is 13.5. The van der Waals surface area contributed by atoms with E-state index in [9.17, 15) is 0 Å². The number of halogens is 1. The number of rotatable bonds is 7. The molecule has 6 heteroatoms. The topological polar surface area (TPSA) is 44.3 Å². The Kier molecular flexibility index (Phi) is 6.35. The predicted molar refractivity (Wildman–Crippen MR) is 80.3 cm³/mol. The minimum atomic E-state index is 0.687. The summed E-state index contributed by atoms with van der Waals surface area (Å²) in [6.07, 6.45) is 2.86. The molecule has 0 amide bonds. The van der Waals surface area contributed by atoms with Crippen LogP contribution in [0.5, 0.6) is 0 Å². The Bertz CT molecular complexity index is 369. The van der Waals surface area contributed by atoms with Gasteiger partial charge in [0.25, 0.3) is 0 Å². The smallest absolute Gasteiger partial charge is 0.224 e.